The Bertz CT molecular complexity index is 4030. The number of benzene rings is 9. The highest BCUT2D eigenvalue weighted by molar-refractivity contribution is 7.99. The second-order valence-electron chi connectivity index (χ2n) is 17.0. The first-order valence-corrected chi connectivity index (χ1v) is 24.5. The van der Waals surface area contributed by atoms with Crippen LogP contribution in [-0.2, 0) is 9.98 Å². The second-order valence-corrected chi connectivity index (χ2v) is 20.7. The summed E-state index contributed by atoms with van der Waals surface area (Å²) in [6, 6.07) is 70.5. The smallest absolute Gasteiger partial charge is 0.171 e. The summed E-state index contributed by atoms with van der Waals surface area (Å²) in [5, 5.41) is 6.52. The lowest BCUT2D eigenvalue weighted by atomic mass is 9.64. The van der Waals surface area contributed by atoms with Crippen molar-refractivity contribution in [2.75, 3.05) is 0 Å². The first-order valence-electron chi connectivity index (χ1n) is 21.9. The fourth-order valence-electron chi connectivity index (χ4n) is 10.6. The van der Waals surface area contributed by atoms with E-state index < -0.39 is 12.6 Å². The molecule has 12 aromatic rings. The van der Waals surface area contributed by atoms with E-state index >= 15 is 4.57 Å². The first kappa shape index (κ1) is 37.5. The summed E-state index contributed by atoms with van der Waals surface area (Å²) < 4.78 is 29.5. The lowest BCUT2D eigenvalue weighted by Gasteiger charge is -2.47. The van der Waals surface area contributed by atoms with Gasteiger partial charge in [0.25, 0.3) is 0 Å². The maximum atomic E-state index is 16.6. The molecule has 1 spiro atoms. The Morgan fingerprint density at radius 3 is 1.68 bits per heavy atom. The van der Waals surface area contributed by atoms with Crippen molar-refractivity contribution in [1.82, 2.24) is 15.0 Å². The minimum atomic E-state index is -3.46. The van der Waals surface area contributed by atoms with Crippen LogP contribution in [0.5, 0.6) is 0 Å². The van der Waals surface area contributed by atoms with Crippen molar-refractivity contribution in [3.8, 4) is 34.2 Å². The third-order valence-corrected chi connectivity index (χ3v) is 17.7. The van der Waals surface area contributed by atoms with Crippen molar-refractivity contribution in [2.45, 2.75) is 15.2 Å². The van der Waals surface area contributed by atoms with Crippen molar-refractivity contribution in [2.24, 2.45) is 0 Å². The summed E-state index contributed by atoms with van der Waals surface area (Å²) in [6.45, 7) is 0. The lowest BCUT2D eigenvalue weighted by Crippen LogP contribution is -2.48. The normalized spacial score (nSPS) is 17.2. The molecule has 66 heavy (non-hydrogen) atoms. The zero-order valence-electron chi connectivity index (χ0n) is 35.1. The van der Waals surface area contributed by atoms with Crippen LogP contribution in [0, 0.1) is 0 Å². The standard InChI is InChI=1S/C58H34N3O3PS/c62-65(38-17-5-2-6-18-38)51-25-13-9-21-43(51)58(46-33-42-40-20-8-12-24-48(40)64-50(42)34-52(46)65)44-22-10-14-26-53(44)66-54-32-37(28-30-45(54)58)57-60-55(35-15-3-1-4-16-35)59-56(61-57)36-27-29-41-39-19-7-11-23-47(39)63-49(41)31-36/h1-34H. The van der Waals surface area contributed by atoms with Gasteiger partial charge in [-0.05, 0) is 70.8 Å². The molecule has 5 heterocycles. The third-order valence-electron chi connectivity index (χ3n) is 13.5. The number of aromatic nitrogens is 3. The predicted octanol–water partition coefficient (Wildman–Crippen LogP) is 13.5. The molecular weight excluding hydrogens is 850 g/mol. The maximum Gasteiger partial charge on any atom is 0.171 e. The van der Waals surface area contributed by atoms with Crippen molar-refractivity contribution in [1.29, 1.82) is 0 Å². The van der Waals surface area contributed by atoms with Gasteiger partial charge in [-0.15, -0.1) is 0 Å². The molecular formula is C58H34N3O3PS. The molecule has 0 aliphatic carbocycles. The molecule has 2 atom stereocenters. The molecule has 8 heteroatoms. The van der Waals surface area contributed by atoms with Crippen LogP contribution in [0.15, 0.2) is 225 Å². The minimum Gasteiger partial charge on any atom is -0.456 e. The first-order chi connectivity index (χ1) is 32.6. The van der Waals surface area contributed by atoms with Crippen LogP contribution in [0.2, 0.25) is 0 Å². The molecule has 0 amide bonds. The highest BCUT2D eigenvalue weighted by Crippen LogP contribution is 2.62. The molecule has 2 aliphatic rings. The van der Waals surface area contributed by atoms with Crippen LogP contribution < -0.4 is 15.9 Å². The van der Waals surface area contributed by atoms with E-state index in [-0.39, 0.29) is 0 Å². The van der Waals surface area contributed by atoms with E-state index in [1.54, 1.807) is 11.8 Å². The van der Waals surface area contributed by atoms with Crippen LogP contribution in [-0.4, -0.2) is 15.0 Å². The molecule has 3 aromatic heterocycles. The molecule has 9 aromatic carbocycles. The summed E-state index contributed by atoms with van der Waals surface area (Å²) in [5.41, 5.74) is 9.10. The Labute approximate surface area is 383 Å². The van der Waals surface area contributed by atoms with Crippen LogP contribution >= 0.6 is 18.9 Å². The van der Waals surface area contributed by atoms with Crippen LogP contribution in [0.3, 0.4) is 0 Å². The molecule has 14 rings (SSSR count). The number of hydrogen-bond acceptors (Lipinski definition) is 7. The fourth-order valence-corrected chi connectivity index (χ4v) is 14.9. The Morgan fingerprint density at radius 2 is 0.924 bits per heavy atom. The van der Waals surface area contributed by atoms with E-state index in [4.69, 9.17) is 23.8 Å². The van der Waals surface area contributed by atoms with Gasteiger partial charge in [0.2, 0.25) is 0 Å². The number of fused-ring (bicyclic) bond motifs is 14. The number of furan rings is 2. The molecule has 0 bridgehead atoms. The summed E-state index contributed by atoms with van der Waals surface area (Å²) in [6.07, 6.45) is 0. The summed E-state index contributed by atoms with van der Waals surface area (Å²) in [4.78, 5) is 17.6. The highest BCUT2D eigenvalue weighted by Gasteiger charge is 2.54. The van der Waals surface area contributed by atoms with Crippen molar-refractivity contribution in [3.63, 3.8) is 0 Å². The molecule has 2 unspecified atom stereocenters. The predicted molar refractivity (Wildman–Crippen MR) is 266 cm³/mol. The van der Waals surface area contributed by atoms with Crippen LogP contribution in [0.25, 0.3) is 78.0 Å². The van der Waals surface area contributed by atoms with E-state index in [1.807, 2.05) is 109 Å². The number of hydrogen-bond donors (Lipinski definition) is 0. The van der Waals surface area contributed by atoms with Crippen molar-refractivity contribution in [3.05, 3.63) is 229 Å². The molecule has 0 saturated carbocycles. The number of nitrogens with zero attached hydrogens (tertiary/aromatic N) is 3. The molecule has 6 nitrogen and oxygen atoms in total. The van der Waals surface area contributed by atoms with Crippen LogP contribution in [0.4, 0.5) is 0 Å². The minimum absolute atomic E-state index is 0.552. The molecule has 0 saturated heterocycles. The van der Waals surface area contributed by atoms with Gasteiger partial charge >= 0.3 is 0 Å². The highest BCUT2D eigenvalue weighted by atomic mass is 32.2. The summed E-state index contributed by atoms with van der Waals surface area (Å²) >= 11 is 1.75. The van der Waals surface area contributed by atoms with E-state index in [2.05, 4.69) is 97.1 Å². The topological polar surface area (TPSA) is 82.0 Å². The van der Waals surface area contributed by atoms with Crippen molar-refractivity contribution >= 4 is 78.7 Å². The molecule has 0 N–H and O–H groups in total. The van der Waals surface area contributed by atoms with Gasteiger partial charge in [0.15, 0.2) is 24.6 Å². The summed E-state index contributed by atoms with van der Waals surface area (Å²) in [5.74, 6) is 1.69. The number of rotatable bonds is 4. The Hall–Kier alpha value is -7.83. The largest absolute Gasteiger partial charge is 0.456 e. The van der Waals surface area contributed by atoms with Gasteiger partial charge < -0.3 is 13.4 Å². The van der Waals surface area contributed by atoms with Gasteiger partial charge in [-0.3, -0.25) is 0 Å². The molecule has 0 radical (unpaired) electrons. The Kier molecular flexibility index (Phi) is 8.01. The monoisotopic (exact) mass is 883 g/mol. The van der Waals surface area contributed by atoms with Gasteiger partial charge in [-0.2, -0.15) is 0 Å². The third kappa shape index (κ3) is 5.27. The Balaban J connectivity index is 1.03. The zero-order chi connectivity index (χ0) is 43.6. The van der Waals surface area contributed by atoms with E-state index in [0.29, 0.717) is 23.1 Å². The molecule has 310 valence electrons. The fraction of sp³-hybridized carbons (Fsp3) is 0.0172. The maximum absolute atomic E-state index is 16.6. The summed E-state index contributed by atoms with van der Waals surface area (Å²) in [7, 11) is -3.46. The molecule has 2 aliphatic heterocycles. The van der Waals surface area contributed by atoms with Gasteiger partial charge in [-0.1, -0.05) is 169 Å². The zero-order valence-corrected chi connectivity index (χ0v) is 36.8. The van der Waals surface area contributed by atoms with Gasteiger partial charge in [0.05, 0.1) is 5.41 Å². The number of para-hydroxylation sites is 2. The molecule has 0 fully saturated rings. The lowest BCUT2D eigenvalue weighted by molar-refractivity contribution is 0.589. The van der Waals surface area contributed by atoms with E-state index in [0.717, 1.165) is 103 Å². The van der Waals surface area contributed by atoms with E-state index in [1.165, 1.54) is 0 Å². The average Bonchev–Trinajstić information content (AvgIpc) is 3.95. The second kappa shape index (κ2) is 14.1. The van der Waals surface area contributed by atoms with Crippen LogP contribution in [0.1, 0.15) is 22.3 Å². The van der Waals surface area contributed by atoms with Gasteiger partial charge in [-0.25, -0.2) is 15.0 Å². The van der Waals surface area contributed by atoms with E-state index in [9.17, 15) is 0 Å². The average molecular weight is 884 g/mol. The quantitative estimate of drug-likeness (QED) is 0.163. The van der Waals surface area contributed by atoms with Gasteiger partial charge in [0.1, 0.15) is 22.3 Å². The Morgan fingerprint density at radius 1 is 0.379 bits per heavy atom. The van der Waals surface area contributed by atoms with Crippen molar-refractivity contribution < 1.29 is 13.4 Å². The van der Waals surface area contributed by atoms with Gasteiger partial charge in [0, 0.05) is 63.9 Å². The SMILES string of the molecule is O=P1(c2ccccc2)c2ccccc2C2(c3ccccc3Sc3cc(-c4nc(-c5ccccc5)nc(-c5ccc6c(c5)oc5ccccc56)n4)ccc32)c2cc3c(cc21)oc1ccccc13.